The maximum atomic E-state index is 12.4. The van der Waals surface area contributed by atoms with Gasteiger partial charge in [-0.1, -0.05) is 12.1 Å². The summed E-state index contributed by atoms with van der Waals surface area (Å²) in [7, 11) is 0. The van der Waals surface area contributed by atoms with Gasteiger partial charge in [-0.05, 0) is 37.8 Å². The van der Waals surface area contributed by atoms with E-state index in [1.165, 1.54) is 0 Å². The Labute approximate surface area is 123 Å². The molecule has 0 radical (unpaired) electrons. The summed E-state index contributed by atoms with van der Waals surface area (Å²) < 4.78 is 0. The predicted molar refractivity (Wildman–Crippen MR) is 80.8 cm³/mol. The summed E-state index contributed by atoms with van der Waals surface area (Å²) in [5.41, 5.74) is 7.55. The van der Waals surface area contributed by atoms with Gasteiger partial charge in [0.15, 0.2) is 0 Å². The highest BCUT2D eigenvalue weighted by Gasteiger charge is 2.48. The number of hydrogen-bond acceptors (Lipinski definition) is 3. The fourth-order valence-corrected chi connectivity index (χ4v) is 3.21. The van der Waals surface area contributed by atoms with E-state index in [-0.39, 0.29) is 11.8 Å². The molecule has 5 nitrogen and oxygen atoms in total. The van der Waals surface area contributed by atoms with Gasteiger partial charge in [0.05, 0.1) is 16.6 Å². The van der Waals surface area contributed by atoms with Crippen molar-refractivity contribution in [3.8, 4) is 0 Å². The van der Waals surface area contributed by atoms with Crippen molar-refractivity contribution in [2.45, 2.75) is 37.1 Å². The van der Waals surface area contributed by atoms with E-state index >= 15 is 0 Å². The number of nitrogens with two attached hydrogens (primary N) is 1. The third kappa shape index (κ3) is 2.21. The molecule has 1 atom stereocenters. The van der Waals surface area contributed by atoms with Crippen LogP contribution < -0.4 is 5.73 Å². The van der Waals surface area contributed by atoms with Gasteiger partial charge < -0.3 is 15.6 Å². The summed E-state index contributed by atoms with van der Waals surface area (Å²) in [5.74, 6) is 1.41. The third-order valence-corrected chi connectivity index (χ3v) is 4.72. The van der Waals surface area contributed by atoms with E-state index in [0.29, 0.717) is 0 Å². The lowest BCUT2D eigenvalue weighted by Crippen LogP contribution is -2.49. The molecule has 2 aliphatic rings. The molecule has 110 valence electrons. The predicted octanol–water partition coefficient (Wildman–Crippen LogP) is 1.76. The molecule has 1 saturated heterocycles. The van der Waals surface area contributed by atoms with Crippen LogP contribution in [0, 0.1) is 0 Å². The number of aromatic nitrogens is 2. The first-order chi connectivity index (χ1) is 10.2. The molecule has 4 rings (SSSR count). The largest absolute Gasteiger partial charge is 0.342 e. The van der Waals surface area contributed by atoms with Gasteiger partial charge in [-0.2, -0.15) is 0 Å². The van der Waals surface area contributed by atoms with Crippen molar-refractivity contribution in [3.05, 3.63) is 30.1 Å². The molecular weight excluding hydrogens is 264 g/mol. The summed E-state index contributed by atoms with van der Waals surface area (Å²) in [6.07, 6.45) is 3.75. The Morgan fingerprint density at radius 1 is 1.38 bits per heavy atom. The second-order valence-electron chi connectivity index (χ2n) is 6.39. The first-order valence-electron chi connectivity index (χ1n) is 7.69. The number of hydrogen-bond donors (Lipinski definition) is 2. The molecule has 2 heterocycles. The molecule has 1 aliphatic carbocycles. The monoisotopic (exact) mass is 284 g/mol. The Morgan fingerprint density at radius 2 is 2.19 bits per heavy atom. The first-order valence-corrected chi connectivity index (χ1v) is 7.69. The summed E-state index contributed by atoms with van der Waals surface area (Å²) in [5, 5.41) is 0. The van der Waals surface area contributed by atoms with Gasteiger partial charge in [-0.3, -0.25) is 4.79 Å². The van der Waals surface area contributed by atoms with E-state index in [0.717, 1.165) is 55.6 Å². The highest BCUT2D eigenvalue weighted by Crippen LogP contribution is 2.36. The van der Waals surface area contributed by atoms with Gasteiger partial charge in [-0.25, -0.2) is 4.98 Å². The molecule has 1 unspecified atom stereocenters. The molecule has 2 aromatic rings. The second-order valence-corrected chi connectivity index (χ2v) is 6.39. The summed E-state index contributed by atoms with van der Waals surface area (Å²) in [6, 6.07) is 8.05. The lowest BCUT2D eigenvalue weighted by molar-refractivity contribution is -0.134. The second kappa shape index (κ2) is 4.56. The maximum Gasteiger partial charge on any atom is 0.242 e. The summed E-state index contributed by atoms with van der Waals surface area (Å²) in [6.45, 7) is 1.56. The molecule has 1 aromatic carbocycles. The molecule has 2 fully saturated rings. The number of fused-ring (bicyclic) bond motifs is 1. The number of aromatic amines is 1. The molecule has 21 heavy (non-hydrogen) atoms. The van der Waals surface area contributed by atoms with E-state index in [1.807, 2.05) is 29.2 Å². The molecule has 0 bridgehead atoms. The zero-order valence-electron chi connectivity index (χ0n) is 12.0. The number of carbonyl (C=O) groups is 1. The Balaban J connectivity index is 1.56. The number of H-pyrrole nitrogens is 1. The van der Waals surface area contributed by atoms with Crippen LogP contribution in [-0.2, 0) is 4.79 Å². The van der Waals surface area contributed by atoms with Gasteiger partial charge in [0.1, 0.15) is 5.82 Å². The molecule has 5 heteroatoms. The fourth-order valence-electron chi connectivity index (χ4n) is 3.21. The van der Waals surface area contributed by atoms with E-state index in [9.17, 15) is 4.79 Å². The van der Waals surface area contributed by atoms with Crippen LogP contribution in [0.2, 0.25) is 0 Å². The number of piperidine rings is 1. The maximum absolute atomic E-state index is 12.4. The molecule has 3 N–H and O–H groups in total. The van der Waals surface area contributed by atoms with Crippen molar-refractivity contribution in [1.82, 2.24) is 14.9 Å². The normalized spacial score (nSPS) is 24.2. The van der Waals surface area contributed by atoms with Crippen molar-refractivity contribution < 1.29 is 4.79 Å². The van der Waals surface area contributed by atoms with Crippen LogP contribution >= 0.6 is 0 Å². The van der Waals surface area contributed by atoms with Gasteiger partial charge in [0.25, 0.3) is 0 Å². The molecular formula is C16H20N4O. The Kier molecular flexibility index (Phi) is 2.79. The third-order valence-electron chi connectivity index (χ3n) is 4.72. The number of benzene rings is 1. The number of carbonyl (C=O) groups excluding carboxylic acids is 1. The minimum Gasteiger partial charge on any atom is -0.342 e. The van der Waals surface area contributed by atoms with Crippen LogP contribution in [0.25, 0.3) is 11.0 Å². The topological polar surface area (TPSA) is 75.0 Å². The molecule has 1 amide bonds. The standard InChI is InChI=1S/C16H20N4O/c17-16(7-8-16)15(21)20-9-3-4-11(10-20)14-18-12-5-1-2-6-13(12)19-14/h1-2,5-6,11H,3-4,7-10,17H2,(H,18,19). The SMILES string of the molecule is NC1(C(=O)N2CCCC(c3nc4ccccc4[nH]3)C2)CC1. The lowest BCUT2D eigenvalue weighted by atomic mass is 9.96. The van der Waals surface area contributed by atoms with Crippen LogP contribution in [0.5, 0.6) is 0 Å². The van der Waals surface area contributed by atoms with E-state index in [2.05, 4.69) is 9.97 Å². The van der Waals surface area contributed by atoms with Gasteiger partial charge >= 0.3 is 0 Å². The minimum absolute atomic E-state index is 0.128. The van der Waals surface area contributed by atoms with Crippen molar-refractivity contribution >= 4 is 16.9 Å². The van der Waals surface area contributed by atoms with Crippen LogP contribution in [0.15, 0.2) is 24.3 Å². The summed E-state index contributed by atoms with van der Waals surface area (Å²) >= 11 is 0. The van der Waals surface area contributed by atoms with Gasteiger partial charge in [0, 0.05) is 19.0 Å². The van der Waals surface area contributed by atoms with Crippen LogP contribution in [0.3, 0.4) is 0 Å². The average molecular weight is 284 g/mol. The van der Waals surface area contributed by atoms with Crippen molar-refractivity contribution in [1.29, 1.82) is 0 Å². The lowest BCUT2D eigenvalue weighted by Gasteiger charge is -2.33. The molecule has 1 saturated carbocycles. The quantitative estimate of drug-likeness (QED) is 0.882. The van der Waals surface area contributed by atoms with Crippen LogP contribution in [0.4, 0.5) is 0 Å². The Morgan fingerprint density at radius 3 is 2.95 bits per heavy atom. The Hall–Kier alpha value is -1.88. The van der Waals surface area contributed by atoms with Crippen LogP contribution in [0.1, 0.15) is 37.4 Å². The molecule has 1 aliphatic heterocycles. The van der Waals surface area contributed by atoms with E-state index in [1.54, 1.807) is 0 Å². The van der Waals surface area contributed by atoms with Crippen molar-refractivity contribution in [2.24, 2.45) is 5.73 Å². The minimum atomic E-state index is -0.560. The van der Waals surface area contributed by atoms with Crippen molar-refractivity contribution in [3.63, 3.8) is 0 Å². The van der Waals surface area contributed by atoms with E-state index in [4.69, 9.17) is 5.73 Å². The number of amides is 1. The zero-order valence-corrected chi connectivity index (χ0v) is 12.0. The molecule has 0 spiro atoms. The van der Waals surface area contributed by atoms with Crippen molar-refractivity contribution in [2.75, 3.05) is 13.1 Å². The smallest absolute Gasteiger partial charge is 0.242 e. The first kappa shape index (κ1) is 12.8. The van der Waals surface area contributed by atoms with Gasteiger partial charge in [0.2, 0.25) is 5.91 Å². The van der Waals surface area contributed by atoms with Gasteiger partial charge in [-0.15, -0.1) is 0 Å². The van der Waals surface area contributed by atoms with E-state index < -0.39 is 5.54 Å². The number of nitrogens with zero attached hydrogens (tertiary/aromatic N) is 2. The average Bonchev–Trinajstić information content (AvgIpc) is 3.12. The number of nitrogens with one attached hydrogen (secondary N) is 1. The summed E-state index contributed by atoms with van der Waals surface area (Å²) in [4.78, 5) is 22.4. The highest BCUT2D eigenvalue weighted by molar-refractivity contribution is 5.89. The Bertz CT molecular complexity index is 655. The highest BCUT2D eigenvalue weighted by atomic mass is 16.2. The number of likely N-dealkylation sites (tertiary alicyclic amines) is 1. The fraction of sp³-hybridized carbons (Fsp3) is 0.500. The zero-order chi connectivity index (χ0) is 14.4. The number of rotatable bonds is 2. The number of imidazole rings is 1. The molecule has 1 aromatic heterocycles. The van der Waals surface area contributed by atoms with Crippen LogP contribution in [-0.4, -0.2) is 39.4 Å². The number of para-hydroxylation sites is 2.